The van der Waals surface area contributed by atoms with Crippen molar-refractivity contribution >= 4 is 0 Å². The van der Waals surface area contributed by atoms with E-state index in [0.717, 1.165) is 12.8 Å². The molecule has 1 nitrogen and oxygen atoms in total. The first-order valence-corrected chi connectivity index (χ1v) is 10.2. The van der Waals surface area contributed by atoms with Crippen molar-refractivity contribution in [3.05, 3.63) is 12.2 Å². The molecule has 0 aromatic rings. The van der Waals surface area contributed by atoms with E-state index in [1.165, 1.54) is 89.9 Å². The largest absolute Gasteiger partial charge is 0.389 e. The lowest BCUT2D eigenvalue weighted by atomic mass is 10.0. The molecule has 0 aromatic carbocycles. The molecule has 0 radical (unpaired) electrons. The molecule has 0 bridgehead atoms. The van der Waals surface area contributed by atoms with Crippen molar-refractivity contribution in [3.63, 3.8) is 0 Å². The number of aliphatic hydroxyl groups is 1. The Morgan fingerprint density at radius 1 is 0.636 bits per heavy atom. The summed E-state index contributed by atoms with van der Waals surface area (Å²) in [6.45, 7) is 4.53. The van der Waals surface area contributed by atoms with Crippen LogP contribution < -0.4 is 0 Å². The highest BCUT2D eigenvalue weighted by Gasteiger charge is 1.99. The second-order valence-corrected chi connectivity index (χ2v) is 6.82. The van der Waals surface area contributed by atoms with E-state index in [2.05, 4.69) is 19.9 Å². The summed E-state index contributed by atoms with van der Waals surface area (Å²) in [6.07, 6.45) is 24.9. The monoisotopic (exact) mass is 310 g/mol. The predicted molar refractivity (Wildman–Crippen MR) is 100 cm³/mol. The van der Waals surface area contributed by atoms with E-state index in [1.807, 2.05) is 6.08 Å². The molecule has 0 aliphatic rings. The number of aliphatic hydroxyl groups excluding tert-OH is 1. The van der Waals surface area contributed by atoms with Crippen molar-refractivity contribution in [2.24, 2.45) is 0 Å². The smallest absolute Gasteiger partial charge is 0.0720 e. The molecule has 1 unspecified atom stereocenters. The highest BCUT2D eigenvalue weighted by molar-refractivity contribution is 4.88. The molecule has 0 rings (SSSR count). The van der Waals surface area contributed by atoms with Crippen molar-refractivity contribution in [2.75, 3.05) is 0 Å². The van der Waals surface area contributed by atoms with Crippen molar-refractivity contribution < 1.29 is 5.11 Å². The Labute approximate surface area is 140 Å². The van der Waals surface area contributed by atoms with Gasteiger partial charge in [-0.25, -0.2) is 0 Å². The average molecular weight is 311 g/mol. The van der Waals surface area contributed by atoms with Crippen LogP contribution in [0, 0.1) is 0 Å². The van der Waals surface area contributed by atoms with Crippen LogP contribution in [0.25, 0.3) is 0 Å². The molecule has 0 saturated carbocycles. The van der Waals surface area contributed by atoms with Gasteiger partial charge < -0.3 is 5.11 Å². The molecule has 0 fully saturated rings. The van der Waals surface area contributed by atoms with Crippen LogP contribution >= 0.6 is 0 Å². The lowest BCUT2D eigenvalue weighted by Crippen LogP contribution is -2.01. The Hall–Kier alpha value is -0.300. The summed E-state index contributed by atoms with van der Waals surface area (Å²) in [5.74, 6) is 0. The second-order valence-electron chi connectivity index (χ2n) is 6.82. The Kier molecular flexibility index (Phi) is 18.5. The number of rotatable bonds is 17. The van der Waals surface area contributed by atoms with Crippen LogP contribution in [0.3, 0.4) is 0 Å². The SMILES string of the molecule is CCCCCCCCC=CC(O)CCCCCCCCCC. The molecule has 1 heteroatoms. The third kappa shape index (κ3) is 17.8. The molecule has 0 aliphatic heterocycles. The molecule has 0 amide bonds. The van der Waals surface area contributed by atoms with E-state index in [4.69, 9.17) is 0 Å². The van der Waals surface area contributed by atoms with Crippen LogP contribution in [0.4, 0.5) is 0 Å². The molecule has 0 aromatic heterocycles. The van der Waals surface area contributed by atoms with Crippen LogP contribution in [-0.2, 0) is 0 Å². The Bertz CT molecular complexity index is 222. The van der Waals surface area contributed by atoms with Gasteiger partial charge in [-0.05, 0) is 19.3 Å². The van der Waals surface area contributed by atoms with Gasteiger partial charge in [0.2, 0.25) is 0 Å². The maximum atomic E-state index is 9.91. The molecule has 0 aliphatic carbocycles. The minimum atomic E-state index is -0.208. The van der Waals surface area contributed by atoms with E-state index < -0.39 is 0 Å². The van der Waals surface area contributed by atoms with Crippen LogP contribution in [-0.4, -0.2) is 11.2 Å². The van der Waals surface area contributed by atoms with E-state index in [0.29, 0.717) is 0 Å². The fourth-order valence-corrected chi connectivity index (χ4v) is 2.88. The summed E-state index contributed by atoms with van der Waals surface area (Å²) in [7, 11) is 0. The van der Waals surface area contributed by atoms with Gasteiger partial charge in [0, 0.05) is 0 Å². The summed E-state index contributed by atoms with van der Waals surface area (Å²) < 4.78 is 0. The molecular formula is C21H42O. The van der Waals surface area contributed by atoms with Gasteiger partial charge >= 0.3 is 0 Å². The van der Waals surface area contributed by atoms with Gasteiger partial charge in [0.1, 0.15) is 0 Å². The quantitative estimate of drug-likeness (QED) is 0.223. The number of allylic oxidation sites excluding steroid dienone is 1. The first-order valence-electron chi connectivity index (χ1n) is 10.2. The van der Waals surface area contributed by atoms with Gasteiger partial charge in [-0.1, -0.05) is 109 Å². The number of unbranched alkanes of at least 4 members (excludes halogenated alkanes) is 13. The molecule has 0 heterocycles. The topological polar surface area (TPSA) is 20.2 Å². The summed E-state index contributed by atoms with van der Waals surface area (Å²) in [5.41, 5.74) is 0. The Morgan fingerprint density at radius 3 is 1.64 bits per heavy atom. The molecule has 0 spiro atoms. The molecule has 1 atom stereocenters. The van der Waals surface area contributed by atoms with Crippen LogP contribution in [0.5, 0.6) is 0 Å². The second kappa shape index (κ2) is 18.7. The zero-order chi connectivity index (χ0) is 16.3. The standard InChI is InChI=1S/C21H42O/c1-3-5-7-9-11-13-15-17-19-21(22)20-18-16-14-12-10-8-6-4-2/h17,19,21-22H,3-16,18,20H2,1-2H3. The van der Waals surface area contributed by atoms with Crippen molar-refractivity contribution in [2.45, 2.75) is 123 Å². The lowest BCUT2D eigenvalue weighted by molar-refractivity contribution is 0.207. The third-order valence-electron chi connectivity index (χ3n) is 4.44. The van der Waals surface area contributed by atoms with Crippen molar-refractivity contribution in [3.8, 4) is 0 Å². The van der Waals surface area contributed by atoms with Gasteiger partial charge in [0.25, 0.3) is 0 Å². The molecule has 1 N–H and O–H groups in total. The lowest BCUT2D eigenvalue weighted by Gasteiger charge is -2.05. The van der Waals surface area contributed by atoms with Gasteiger partial charge in [-0.2, -0.15) is 0 Å². The van der Waals surface area contributed by atoms with Crippen molar-refractivity contribution in [1.29, 1.82) is 0 Å². The molecular weight excluding hydrogens is 268 g/mol. The van der Waals surface area contributed by atoms with E-state index in [9.17, 15) is 5.11 Å². The predicted octanol–water partition coefficient (Wildman–Crippen LogP) is 7.18. The fraction of sp³-hybridized carbons (Fsp3) is 0.905. The van der Waals surface area contributed by atoms with Gasteiger partial charge in [0.05, 0.1) is 6.10 Å². The maximum absolute atomic E-state index is 9.91. The summed E-state index contributed by atoms with van der Waals surface area (Å²) in [6, 6.07) is 0. The fourth-order valence-electron chi connectivity index (χ4n) is 2.88. The van der Waals surface area contributed by atoms with E-state index in [1.54, 1.807) is 0 Å². The minimum Gasteiger partial charge on any atom is -0.389 e. The van der Waals surface area contributed by atoms with Crippen LogP contribution in [0.2, 0.25) is 0 Å². The number of hydrogen-bond donors (Lipinski definition) is 1. The maximum Gasteiger partial charge on any atom is 0.0720 e. The summed E-state index contributed by atoms with van der Waals surface area (Å²) in [4.78, 5) is 0. The zero-order valence-electron chi connectivity index (χ0n) is 15.5. The highest BCUT2D eigenvalue weighted by atomic mass is 16.3. The first-order chi connectivity index (χ1) is 10.8. The Morgan fingerprint density at radius 2 is 1.09 bits per heavy atom. The summed E-state index contributed by atoms with van der Waals surface area (Å²) >= 11 is 0. The van der Waals surface area contributed by atoms with E-state index in [-0.39, 0.29) is 6.10 Å². The molecule has 0 saturated heterocycles. The van der Waals surface area contributed by atoms with Gasteiger partial charge in [-0.15, -0.1) is 0 Å². The highest BCUT2D eigenvalue weighted by Crippen LogP contribution is 2.12. The van der Waals surface area contributed by atoms with Crippen LogP contribution in [0.15, 0.2) is 12.2 Å². The normalized spacial score (nSPS) is 13.0. The van der Waals surface area contributed by atoms with E-state index >= 15 is 0 Å². The molecule has 22 heavy (non-hydrogen) atoms. The van der Waals surface area contributed by atoms with Gasteiger partial charge in [0.15, 0.2) is 0 Å². The zero-order valence-corrected chi connectivity index (χ0v) is 15.5. The molecule has 132 valence electrons. The number of hydrogen-bond acceptors (Lipinski definition) is 1. The van der Waals surface area contributed by atoms with Crippen molar-refractivity contribution in [1.82, 2.24) is 0 Å². The average Bonchev–Trinajstić information content (AvgIpc) is 2.52. The minimum absolute atomic E-state index is 0.208. The first kappa shape index (κ1) is 21.7. The Balaban J connectivity index is 3.24. The van der Waals surface area contributed by atoms with Crippen LogP contribution in [0.1, 0.15) is 117 Å². The van der Waals surface area contributed by atoms with Gasteiger partial charge in [-0.3, -0.25) is 0 Å². The third-order valence-corrected chi connectivity index (χ3v) is 4.44. The summed E-state index contributed by atoms with van der Waals surface area (Å²) in [5, 5.41) is 9.91.